The van der Waals surface area contributed by atoms with Gasteiger partial charge in [-0.1, -0.05) is 13.8 Å². The van der Waals surface area contributed by atoms with Crippen LogP contribution in [-0.2, 0) is 0 Å². The molecule has 0 amide bonds. The molecule has 0 saturated heterocycles. The Bertz CT molecular complexity index is 185. The zero-order chi connectivity index (χ0) is 12.9. The van der Waals surface area contributed by atoms with E-state index < -0.39 is 5.60 Å². The normalized spacial score (nSPS) is 16.9. The van der Waals surface area contributed by atoms with Gasteiger partial charge >= 0.3 is 0 Å². The summed E-state index contributed by atoms with van der Waals surface area (Å²) in [6.45, 7) is 11.1. The summed E-state index contributed by atoms with van der Waals surface area (Å²) in [7, 11) is 4.23. The minimum absolute atomic E-state index is 0.113. The molecule has 0 rings (SSSR count). The lowest BCUT2D eigenvalue weighted by atomic mass is 9.99. The van der Waals surface area contributed by atoms with Crippen molar-refractivity contribution < 1.29 is 5.11 Å². The lowest BCUT2D eigenvalue weighted by Gasteiger charge is -2.32. The zero-order valence-electron chi connectivity index (χ0n) is 12.0. The molecule has 2 unspecified atom stereocenters. The highest BCUT2D eigenvalue weighted by molar-refractivity contribution is 4.82. The molecule has 0 aliphatic carbocycles. The summed E-state index contributed by atoms with van der Waals surface area (Å²) in [6.07, 6.45) is 1.18. The molecule has 0 heterocycles. The average molecular weight is 230 g/mol. The van der Waals surface area contributed by atoms with Crippen LogP contribution in [0.4, 0.5) is 0 Å². The van der Waals surface area contributed by atoms with Crippen molar-refractivity contribution in [2.75, 3.05) is 20.6 Å². The molecule has 98 valence electrons. The van der Waals surface area contributed by atoms with Crippen LogP contribution in [0.1, 0.15) is 41.0 Å². The molecule has 0 saturated carbocycles. The SMILES string of the molecule is CC(C)CC(CNC(C)C(C)(C)O)N(C)C. The van der Waals surface area contributed by atoms with E-state index in [0.717, 1.165) is 6.54 Å². The van der Waals surface area contributed by atoms with Gasteiger partial charge in [0.2, 0.25) is 0 Å². The first-order valence-corrected chi connectivity index (χ1v) is 6.26. The molecule has 2 atom stereocenters. The highest BCUT2D eigenvalue weighted by Gasteiger charge is 2.23. The lowest BCUT2D eigenvalue weighted by molar-refractivity contribution is 0.0415. The van der Waals surface area contributed by atoms with Crippen LogP contribution in [0.25, 0.3) is 0 Å². The maximum absolute atomic E-state index is 9.84. The highest BCUT2D eigenvalue weighted by Crippen LogP contribution is 2.11. The van der Waals surface area contributed by atoms with Gasteiger partial charge in [0.15, 0.2) is 0 Å². The summed E-state index contributed by atoms with van der Waals surface area (Å²) in [5.74, 6) is 0.701. The second-order valence-electron chi connectivity index (χ2n) is 6.03. The van der Waals surface area contributed by atoms with Crippen LogP contribution in [0.2, 0.25) is 0 Å². The van der Waals surface area contributed by atoms with Crippen molar-refractivity contribution in [2.24, 2.45) is 5.92 Å². The van der Waals surface area contributed by atoms with Crippen molar-refractivity contribution in [1.82, 2.24) is 10.2 Å². The fourth-order valence-electron chi connectivity index (χ4n) is 1.58. The van der Waals surface area contributed by atoms with Crippen LogP contribution < -0.4 is 5.32 Å². The Morgan fingerprint density at radius 2 is 1.69 bits per heavy atom. The van der Waals surface area contributed by atoms with Crippen molar-refractivity contribution in [3.05, 3.63) is 0 Å². The third kappa shape index (κ3) is 6.46. The Morgan fingerprint density at radius 1 is 1.19 bits per heavy atom. The Morgan fingerprint density at radius 3 is 2.00 bits per heavy atom. The molecule has 3 nitrogen and oxygen atoms in total. The lowest BCUT2D eigenvalue weighted by Crippen LogP contribution is -2.49. The summed E-state index contributed by atoms with van der Waals surface area (Å²) in [5.41, 5.74) is -0.658. The van der Waals surface area contributed by atoms with Crippen LogP contribution in [0.15, 0.2) is 0 Å². The number of nitrogens with one attached hydrogen (secondary N) is 1. The molecule has 16 heavy (non-hydrogen) atoms. The van der Waals surface area contributed by atoms with Gasteiger partial charge in [-0.05, 0) is 47.2 Å². The summed E-state index contributed by atoms with van der Waals surface area (Å²) < 4.78 is 0. The summed E-state index contributed by atoms with van der Waals surface area (Å²) in [4.78, 5) is 2.25. The number of hydrogen-bond acceptors (Lipinski definition) is 3. The molecule has 3 heteroatoms. The molecule has 0 radical (unpaired) electrons. The minimum Gasteiger partial charge on any atom is -0.389 e. The average Bonchev–Trinajstić information content (AvgIpc) is 2.08. The second-order valence-corrected chi connectivity index (χ2v) is 6.03. The van der Waals surface area contributed by atoms with Crippen LogP contribution in [-0.4, -0.2) is 48.3 Å². The van der Waals surface area contributed by atoms with Crippen molar-refractivity contribution in [1.29, 1.82) is 0 Å². The van der Waals surface area contributed by atoms with Gasteiger partial charge < -0.3 is 15.3 Å². The molecule has 0 aromatic carbocycles. The fourth-order valence-corrected chi connectivity index (χ4v) is 1.58. The molecule has 0 bridgehead atoms. The monoisotopic (exact) mass is 230 g/mol. The van der Waals surface area contributed by atoms with Crippen LogP contribution in [0.5, 0.6) is 0 Å². The summed E-state index contributed by atoms with van der Waals surface area (Å²) >= 11 is 0. The summed E-state index contributed by atoms with van der Waals surface area (Å²) in [5, 5.41) is 13.3. The van der Waals surface area contributed by atoms with Gasteiger partial charge in [0.05, 0.1) is 5.60 Å². The van der Waals surface area contributed by atoms with E-state index in [-0.39, 0.29) is 6.04 Å². The van der Waals surface area contributed by atoms with Crippen LogP contribution >= 0.6 is 0 Å². The first kappa shape index (κ1) is 15.9. The molecule has 0 spiro atoms. The quantitative estimate of drug-likeness (QED) is 0.699. The van der Waals surface area contributed by atoms with Gasteiger partial charge in [-0.3, -0.25) is 0 Å². The van der Waals surface area contributed by atoms with E-state index in [1.807, 2.05) is 20.8 Å². The maximum Gasteiger partial charge on any atom is 0.0741 e. The third-order valence-corrected chi connectivity index (χ3v) is 3.19. The van der Waals surface area contributed by atoms with E-state index in [4.69, 9.17) is 0 Å². The Balaban J connectivity index is 4.12. The molecule has 2 N–H and O–H groups in total. The Kier molecular flexibility index (Phi) is 6.53. The number of hydrogen-bond donors (Lipinski definition) is 2. The topological polar surface area (TPSA) is 35.5 Å². The molecule has 0 aromatic rings. The number of nitrogens with zero attached hydrogens (tertiary/aromatic N) is 1. The van der Waals surface area contributed by atoms with E-state index in [2.05, 4.69) is 38.2 Å². The molecule has 0 aliphatic rings. The molecular weight excluding hydrogens is 200 g/mol. The van der Waals surface area contributed by atoms with E-state index in [9.17, 15) is 5.11 Å². The van der Waals surface area contributed by atoms with Crippen molar-refractivity contribution in [2.45, 2.75) is 58.7 Å². The second kappa shape index (κ2) is 6.58. The Labute approximate surface area is 101 Å². The van der Waals surface area contributed by atoms with Gasteiger partial charge in [0.1, 0.15) is 0 Å². The Hall–Kier alpha value is -0.120. The first-order valence-electron chi connectivity index (χ1n) is 6.26. The molecule has 0 fully saturated rings. The predicted octanol–water partition coefficient (Wildman–Crippen LogP) is 1.71. The van der Waals surface area contributed by atoms with Gasteiger partial charge in [-0.2, -0.15) is 0 Å². The highest BCUT2D eigenvalue weighted by atomic mass is 16.3. The van der Waals surface area contributed by atoms with Crippen molar-refractivity contribution in [3.63, 3.8) is 0 Å². The largest absolute Gasteiger partial charge is 0.389 e. The number of likely N-dealkylation sites (N-methyl/N-ethyl adjacent to an activating group) is 1. The van der Waals surface area contributed by atoms with Crippen molar-refractivity contribution >= 4 is 0 Å². The third-order valence-electron chi connectivity index (χ3n) is 3.19. The summed E-state index contributed by atoms with van der Waals surface area (Å²) in [6, 6.07) is 0.645. The minimum atomic E-state index is -0.658. The molecule has 0 aromatic heterocycles. The molecule has 0 aliphatic heterocycles. The standard InChI is InChI=1S/C13H30N2O/c1-10(2)8-12(15(6)7)9-14-11(3)13(4,5)16/h10-12,14,16H,8-9H2,1-7H3. The van der Waals surface area contributed by atoms with Crippen LogP contribution in [0, 0.1) is 5.92 Å². The van der Waals surface area contributed by atoms with Gasteiger partial charge in [-0.15, -0.1) is 0 Å². The number of aliphatic hydroxyl groups is 1. The predicted molar refractivity (Wildman–Crippen MR) is 70.7 cm³/mol. The first-order chi connectivity index (χ1) is 7.14. The van der Waals surface area contributed by atoms with E-state index in [1.54, 1.807) is 0 Å². The van der Waals surface area contributed by atoms with E-state index >= 15 is 0 Å². The van der Waals surface area contributed by atoms with Gasteiger partial charge in [-0.25, -0.2) is 0 Å². The van der Waals surface area contributed by atoms with E-state index in [1.165, 1.54) is 6.42 Å². The van der Waals surface area contributed by atoms with Gasteiger partial charge in [0.25, 0.3) is 0 Å². The van der Waals surface area contributed by atoms with E-state index in [0.29, 0.717) is 12.0 Å². The zero-order valence-corrected chi connectivity index (χ0v) is 12.0. The van der Waals surface area contributed by atoms with Crippen LogP contribution in [0.3, 0.4) is 0 Å². The maximum atomic E-state index is 9.84. The number of rotatable bonds is 7. The molecular formula is C13H30N2O. The van der Waals surface area contributed by atoms with Gasteiger partial charge in [0, 0.05) is 18.6 Å². The van der Waals surface area contributed by atoms with Crippen molar-refractivity contribution in [3.8, 4) is 0 Å². The smallest absolute Gasteiger partial charge is 0.0741 e. The fraction of sp³-hybridized carbons (Fsp3) is 1.00.